The summed E-state index contributed by atoms with van der Waals surface area (Å²) in [5.41, 5.74) is -0.171. The number of benzene rings is 1. The van der Waals surface area contributed by atoms with Gasteiger partial charge in [-0.1, -0.05) is 12.1 Å². The standard InChI is InChI=1S/C10H12F2O3/c1-14-10(6-13,15-2)7-4-3-5-8(11)9(7)12/h3-5,13H,6H2,1-2H3. The summed E-state index contributed by atoms with van der Waals surface area (Å²) in [5, 5.41) is 9.11. The molecule has 1 rings (SSSR count). The summed E-state index contributed by atoms with van der Waals surface area (Å²) >= 11 is 0. The third-order valence-corrected chi connectivity index (χ3v) is 2.23. The summed E-state index contributed by atoms with van der Waals surface area (Å²) in [4.78, 5) is 0. The third-order valence-electron chi connectivity index (χ3n) is 2.23. The number of halogens is 2. The highest BCUT2D eigenvalue weighted by Gasteiger charge is 2.35. The Kier molecular flexibility index (Phi) is 3.73. The maximum Gasteiger partial charge on any atom is 0.221 e. The van der Waals surface area contributed by atoms with Crippen LogP contribution in [0.2, 0.25) is 0 Å². The predicted octanol–water partition coefficient (Wildman–Crippen LogP) is 1.40. The molecule has 0 amide bonds. The summed E-state index contributed by atoms with van der Waals surface area (Å²) in [5.74, 6) is -3.76. The number of methoxy groups -OCH3 is 2. The van der Waals surface area contributed by atoms with E-state index in [4.69, 9.17) is 14.6 Å². The summed E-state index contributed by atoms with van der Waals surface area (Å²) < 4.78 is 36.1. The molecule has 0 aliphatic heterocycles. The van der Waals surface area contributed by atoms with Crippen molar-refractivity contribution in [2.24, 2.45) is 0 Å². The van der Waals surface area contributed by atoms with Crippen molar-refractivity contribution in [3.05, 3.63) is 35.4 Å². The predicted molar refractivity (Wildman–Crippen MR) is 49.1 cm³/mol. The lowest BCUT2D eigenvalue weighted by Crippen LogP contribution is -2.36. The normalized spacial score (nSPS) is 11.8. The SMILES string of the molecule is COC(CO)(OC)c1cccc(F)c1F. The lowest BCUT2D eigenvalue weighted by Gasteiger charge is -2.29. The molecule has 0 radical (unpaired) electrons. The first-order valence-corrected chi connectivity index (χ1v) is 4.27. The highest BCUT2D eigenvalue weighted by atomic mass is 19.2. The Bertz CT molecular complexity index is 329. The number of hydrogen-bond donors (Lipinski definition) is 1. The van der Waals surface area contributed by atoms with E-state index in [0.29, 0.717) is 0 Å². The largest absolute Gasteiger partial charge is 0.390 e. The highest BCUT2D eigenvalue weighted by Crippen LogP contribution is 2.28. The van der Waals surface area contributed by atoms with E-state index < -0.39 is 24.0 Å². The lowest BCUT2D eigenvalue weighted by atomic mass is 10.1. The van der Waals surface area contributed by atoms with Gasteiger partial charge >= 0.3 is 0 Å². The summed E-state index contributed by atoms with van der Waals surface area (Å²) in [7, 11) is 2.48. The third kappa shape index (κ3) is 1.99. The van der Waals surface area contributed by atoms with Crippen molar-refractivity contribution in [2.45, 2.75) is 5.79 Å². The van der Waals surface area contributed by atoms with Crippen LogP contribution in [0.25, 0.3) is 0 Å². The van der Waals surface area contributed by atoms with Gasteiger partial charge in [0.25, 0.3) is 0 Å². The molecule has 0 saturated carbocycles. The maximum absolute atomic E-state index is 13.4. The number of rotatable bonds is 4. The van der Waals surface area contributed by atoms with E-state index in [-0.39, 0.29) is 5.56 Å². The molecule has 0 fully saturated rings. The van der Waals surface area contributed by atoms with Crippen molar-refractivity contribution in [2.75, 3.05) is 20.8 Å². The summed E-state index contributed by atoms with van der Waals surface area (Å²) in [6, 6.07) is 3.59. The monoisotopic (exact) mass is 218 g/mol. The Morgan fingerprint density at radius 1 is 1.27 bits per heavy atom. The molecule has 0 aliphatic carbocycles. The molecule has 15 heavy (non-hydrogen) atoms. The second kappa shape index (κ2) is 4.65. The molecule has 0 aromatic heterocycles. The molecule has 0 heterocycles. The van der Waals surface area contributed by atoms with Crippen LogP contribution in [0.4, 0.5) is 8.78 Å². The van der Waals surface area contributed by atoms with Crippen molar-refractivity contribution >= 4 is 0 Å². The molecule has 5 heteroatoms. The molecule has 0 aliphatic rings. The van der Waals surface area contributed by atoms with E-state index in [0.717, 1.165) is 6.07 Å². The minimum atomic E-state index is -1.66. The highest BCUT2D eigenvalue weighted by molar-refractivity contribution is 5.24. The molecule has 0 saturated heterocycles. The van der Waals surface area contributed by atoms with Crippen LogP contribution < -0.4 is 0 Å². The number of ether oxygens (including phenoxy) is 2. The van der Waals surface area contributed by atoms with Gasteiger partial charge in [-0.15, -0.1) is 0 Å². The topological polar surface area (TPSA) is 38.7 Å². The molecule has 0 unspecified atom stereocenters. The first-order chi connectivity index (χ1) is 7.11. The quantitative estimate of drug-likeness (QED) is 0.776. The van der Waals surface area contributed by atoms with Crippen LogP contribution in [-0.4, -0.2) is 25.9 Å². The van der Waals surface area contributed by atoms with Crippen molar-refractivity contribution < 1.29 is 23.4 Å². The van der Waals surface area contributed by atoms with Crippen molar-refractivity contribution in [3.63, 3.8) is 0 Å². The fourth-order valence-corrected chi connectivity index (χ4v) is 1.32. The van der Waals surface area contributed by atoms with Gasteiger partial charge in [0.2, 0.25) is 5.79 Å². The second-order valence-corrected chi connectivity index (χ2v) is 2.92. The lowest BCUT2D eigenvalue weighted by molar-refractivity contribution is -0.237. The number of aliphatic hydroxyl groups excluding tert-OH is 1. The maximum atomic E-state index is 13.4. The Morgan fingerprint density at radius 2 is 1.87 bits per heavy atom. The number of hydrogen-bond acceptors (Lipinski definition) is 3. The molecule has 1 aromatic rings. The van der Waals surface area contributed by atoms with E-state index in [2.05, 4.69) is 0 Å². The molecule has 0 bridgehead atoms. The van der Waals surface area contributed by atoms with Gasteiger partial charge in [-0.2, -0.15) is 0 Å². The zero-order chi connectivity index (χ0) is 11.5. The van der Waals surface area contributed by atoms with E-state index in [1.807, 2.05) is 0 Å². The number of aliphatic hydroxyl groups is 1. The Labute approximate surface area is 86.2 Å². The van der Waals surface area contributed by atoms with Crippen LogP contribution in [0, 0.1) is 11.6 Å². The molecule has 0 atom stereocenters. The van der Waals surface area contributed by atoms with E-state index in [1.165, 1.54) is 26.4 Å². The minimum absolute atomic E-state index is 0.171. The molecular weight excluding hydrogens is 206 g/mol. The van der Waals surface area contributed by atoms with Crippen molar-refractivity contribution in [1.82, 2.24) is 0 Å². The first-order valence-electron chi connectivity index (χ1n) is 4.27. The smallest absolute Gasteiger partial charge is 0.221 e. The Morgan fingerprint density at radius 3 is 2.33 bits per heavy atom. The molecule has 0 spiro atoms. The Balaban J connectivity index is 3.28. The summed E-state index contributed by atoms with van der Waals surface area (Å²) in [6.45, 7) is -0.611. The molecule has 3 nitrogen and oxygen atoms in total. The van der Waals surface area contributed by atoms with Crippen molar-refractivity contribution in [1.29, 1.82) is 0 Å². The average Bonchev–Trinajstić information content (AvgIpc) is 2.27. The van der Waals surface area contributed by atoms with Crippen LogP contribution in [-0.2, 0) is 15.3 Å². The van der Waals surface area contributed by atoms with Gasteiger partial charge in [0.05, 0.1) is 5.56 Å². The first kappa shape index (κ1) is 12.0. The zero-order valence-electron chi connectivity index (χ0n) is 8.46. The van der Waals surface area contributed by atoms with Gasteiger partial charge in [-0.25, -0.2) is 8.78 Å². The average molecular weight is 218 g/mol. The van der Waals surface area contributed by atoms with Crippen LogP contribution in [0.3, 0.4) is 0 Å². The van der Waals surface area contributed by atoms with Gasteiger partial charge in [-0.3, -0.25) is 0 Å². The summed E-state index contributed by atoms with van der Waals surface area (Å²) in [6.07, 6.45) is 0. The van der Waals surface area contributed by atoms with Crippen LogP contribution in [0.1, 0.15) is 5.56 Å². The zero-order valence-corrected chi connectivity index (χ0v) is 8.46. The molecule has 1 aromatic carbocycles. The molecule has 1 N–H and O–H groups in total. The fraction of sp³-hybridized carbons (Fsp3) is 0.400. The van der Waals surface area contributed by atoms with E-state index >= 15 is 0 Å². The fourth-order valence-electron chi connectivity index (χ4n) is 1.32. The van der Waals surface area contributed by atoms with Gasteiger partial charge in [0, 0.05) is 14.2 Å². The van der Waals surface area contributed by atoms with Gasteiger partial charge < -0.3 is 14.6 Å². The Hall–Kier alpha value is -1.04. The molecule has 84 valence electrons. The molecular formula is C10H12F2O3. The minimum Gasteiger partial charge on any atom is -0.390 e. The van der Waals surface area contributed by atoms with E-state index in [1.54, 1.807) is 0 Å². The van der Waals surface area contributed by atoms with E-state index in [9.17, 15) is 8.78 Å². The van der Waals surface area contributed by atoms with Crippen molar-refractivity contribution in [3.8, 4) is 0 Å². The second-order valence-electron chi connectivity index (χ2n) is 2.92. The van der Waals surface area contributed by atoms with Gasteiger partial charge in [-0.05, 0) is 6.07 Å². The van der Waals surface area contributed by atoms with Crippen LogP contribution in [0.15, 0.2) is 18.2 Å². The van der Waals surface area contributed by atoms with Crippen LogP contribution in [0.5, 0.6) is 0 Å². The van der Waals surface area contributed by atoms with Gasteiger partial charge in [0.15, 0.2) is 11.6 Å². The van der Waals surface area contributed by atoms with Crippen LogP contribution >= 0.6 is 0 Å². The van der Waals surface area contributed by atoms with Gasteiger partial charge in [0.1, 0.15) is 6.61 Å².